The Morgan fingerprint density at radius 3 is 2.24 bits per heavy atom. The monoisotopic (exact) mass is 311 g/mol. The maximum atomic E-state index is 12.4. The normalized spacial score (nSPS) is 13.8. The first-order valence-electron chi connectivity index (χ1n) is 7.13. The minimum Gasteiger partial charge on any atom is -0.480 e. The summed E-state index contributed by atoms with van der Waals surface area (Å²) in [5.41, 5.74) is 0.853. The van der Waals surface area contributed by atoms with E-state index in [0.29, 0.717) is 23.8 Å². The summed E-state index contributed by atoms with van der Waals surface area (Å²) in [6.45, 7) is 5.80. The highest BCUT2D eigenvalue weighted by Gasteiger charge is 2.26. The molecule has 0 bridgehead atoms. The van der Waals surface area contributed by atoms with Crippen LogP contribution in [0.15, 0.2) is 24.3 Å². The van der Waals surface area contributed by atoms with Crippen molar-refractivity contribution >= 4 is 23.5 Å². The van der Waals surface area contributed by atoms with Crippen molar-refractivity contribution in [3.05, 3.63) is 34.9 Å². The fourth-order valence-electron chi connectivity index (χ4n) is 2.17. The zero-order chi connectivity index (χ0) is 16.0. The van der Waals surface area contributed by atoms with Crippen LogP contribution in [0.3, 0.4) is 0 Å². The Balaban J connectivity index is 2.93. The third kappa shape index (κ3) is 5.38. The standard InChI is InChI=1S/C16H22ClNO3/c1-4-14(16(20)21)18-15(19)13(9-10(2)3)11-5-7-12(17)8-6-11/h5-8,10,13-14H,4,9H2,1-3H3,(H,18,19)(H,20,21). The first-order chi connectivity index (χ1) is 9.85. The number of carboxylic acid groups (broad SMARTS) is 1. The molecular formula is C16H22ClNO3. The van der Waals surface area contributed by atoms with Crippen molar-refractivity contribution in [3.8, 4) is 0 Å². The highest BCUT2D eigenvalue weighted by atomic mass is 35.5. The molecule has 0 radical (unpaired) electrons. The van der Waals surface area contributed by atoms with E-state index in [9.17, 15) is 9.59 Å². The fraction of sp³-hybridized carbons (Fsp3) is 0.500. The molecule has 0 fully saturated rings. The number of carboxylic acids is 1. The topological polar surface area (TPSA) is 66.4 Å². The molecule has 0 aromatic heterocycles. The molecule has 116 valence electrons. The van der Waals surface area contributed by atoms with Crippen LogP contribution in [0.4, 0.5) is 0 Å². The molecule has 21 heavy (non-hydrogen) atoms. The van der Waals surface area contributed by atoms with Crippen LogP contribution < -0.4 is 5.32 Å². The van der Waals surface area contributed by atoms with Gasteiger partial charge in [-0.2, -0.15) is 0 Å². The van der Waals surface area contributed by atoms with Gasteiger partial charge in [0.1, 0.15) is 6.04 Å². The van der Waals surface area contributed by atoms with Gasteiger partial charge in [-0.3, -0.25) is 4.79 Å². The van der Waals surface area contributed by atoms with Gasteiger partial charge in [-0.15, -0.1) is 0 Å². The van der Waals surface area contributed by atoms with E-state index in [1.807, 2.05) is 26.0 Å². The quantitative estimate of drug-likeness (QED) is 0.810. The van der Waals surface area contributed by atoms with Crippen LogP contribution in [0.2, 0.25) is 5.02 Å². The van der Waals surface area contributed by atoms with Gasteiger partial charge in [-0.25, -0.2) is 4.79 Å². The van der Waals surface area contributed by atoms with Gasteiger partial charge < -0.3 is 10.4 Å². The number of halogens is 1. The number of aliphatic carboxylic acids is 1. The van der Waals surface area contributed by atoms with E-state index < -0.39 is 12.0 Å². The van der Waals surface area contributed by atoms with Crippen LogP contribution >= 0.6 is 11.6 Å². The lowest BCUT2D eigenvalue weighted by Crippen LogP contribution is -2.42. The highest BCUT2D eigenvalue weighted by molar-refractivity contribution is 6.30. The van der Waals surface area contributed by atoms with E-state index in [4.69, 9.17) is 16.7 Å². The molecule has 2 unspecified atom stereocenters. The van der Waals surface area contributed by atoms with Crippen LogP contribution in [0.25, 0.3) is 0 Å². The van der Waals surface area contributed by atoms with Gasteiger partial charge in [0.05, 0.1) is 5.92 Å². The number of hydrogen-bond donors (Lipinski definition) is 2. The van der Waals surface area contributed by atoms with Gasteiger partial charge in [0.2, 0.25) is 5.91 Å². The summed E-state index contributed by atoms with van der Waals surface area (Å²) >= 11 is 5.87. The number of benzene rings is 1. The minimum atomic E-state index is -1.01. The van der Waals surface area contributed by atoms with Gasteiger partial charge >= 0.3 is 5.97 Å². The Kier molecular flexibility index (Phi) is 6.69. The molecule has 0 spiro atoms. The van der Waals surface area contributed by atoms with Crippen LogP contribution in [0.5, 0.6) is 0 Å². The molecule has 2 N–H and O–H groups in total. The van der Waals surface area contributed by atoms with Crippen molar-refractivity contribution in [1.82, 2.24) is 5.32 Å². The predicted molar refractivity (Wildman–Crippen MR) is 83.5 cm³/mol. The molecule has 1 amide bonds. The second-order valence-corrected chi connectivity index (χ2v) is 5.98. The largest absolute Gasteiger partial charge is 0.480 e. The van der Waals surface area contributed by atoms with E-state index >= 15 is 0 Å². The van der Waals surface area contributed by atoms with E-state index in [2.05, 4.69) is 5.32 Å². The Labute approximate surface area is 130 Å². The number of carbonyl (C=O) groups excluding carboxylic acids is 1. The molecule has 0 aliphatic heterocycles. The summed E-state index contributed by atoms with van der Waals surface area (Å²) in [5.74, 6) is -1.30. The number of nitrogens with one attached hydrogen (secondary N) is 1. The first-order valence-corrected chi connectivity index (χ1v) is 7.51. The number of carbonyl (C=O) groups is 2. The SMILES string of the molecule is CCC(NC(=O)C(CC(C)C)c1ccc(Cl)cc1)C(=O)O. The van der Waals surface area contributed by atoms with Gasteiger partial charge in [0.15, 0.2) is 0 Å². The van der Waals surface area contributed by atoms with Crippen LogP contribution in [-0.4, -0.2) is 23.0 Å². The Bertz CT molecular complexity index is 485. The number of hydrogen-bond acceptors (Lipinski definition) is 2. The second kappa shape index (κ2) is 8.03. The lowest BCUT2D eigenvalue weighted by molar-refractivity contribution is -0.142. The third-order valence-electron chi connectivity index (χ3n) is 3.32. The summed E-state index contributed by atoms with van der Waals surface area (Å²) in [5, 5.41) is 12.3. The molecular weight excluding hydrogens is 290 g/mol. The molecule has 1 aromatic carbocycles. The maximum absolute atomic E-state index is 12.4. The zero-order valence-corrected chi connectivity index (χ0v) is 13.4. The van der Waals surface area contributed by atoms with Crippen molar-refractivity contribution in [2.24, 2.45) is 5.92 Å². The summed E-state index contributed by atoms with van der Waals surface area (Å²) in [6, 6.07) is 6.27. The average Bonchev–Trinajstić information content (AvgIpc) is 2.42. The lowest BCUT2D eigenvalue weighted by Gasteiger charge is -2.21. The first kappa shape index (κ1) is 17.5. The summed E-state index contributed by atoms with van der Waals surface area (Å²) in [7, 11) is 0. The molecule has 0 saturated heterocycles. The fourth-order valence-corrected chi connectivity index (χ4v) is 2.30. The summed E-state index contributed by atoms with van der Waals surface area (Å²) < 4.78 is 0. The molecule has 1 rings (SSSR count). The molecule has 5 heteroatoms. The molecule has 0 aliphatic rings. The Hall–Kier alpha value is -1.55. The molecule has 0 heterocycles. The third-order valence-corrected chi connectivity index (χ3v) is 3.57. The maximum Gasteiger partial charge on any atom is 0.326 e. The predicted octanol–water partition coefficient (Wildman–Crippen LogP) is 3.45. The van der Waals surface area contributed by atoms with Crippen molar-refractivity contribution in [2.45, 2.75) is 45.6 Å². The summed E-state index contributed by atoms with van der Waals surface area (Å²) in [6.07, 6.45) is 1.01. The van der Waals surface area contributed by atoms with Crippen molar-refractivity contribution in [2.75, 3.05) is 0 Å². The van der Waals surface area contributed by atoms with Crippen LogP contribution in [-0.2, 0) is 9.59 Å². The molecule has 2 atom stereocenters. The number of amides is 1. The minimum absolute atomic E-state index is 0.250. The Morgan fingerprint density at radius 2 is 1.81 bits per heavy atom. The van der Waals surface area contributed by atoms with Crippen LogP contribution in [0, 0.1) is 5.92 Å². The van der Waals surface area contributed by atoms with E-state index in [0.717, 1.165) is 5.56 Å². The van der Waals surface area contributed by atoms with Crippen LogP contribution in [0.1, 0.15) is 45.1 Å². The van der Waals surface area contributed by atoms with Gasteiger partial charge in [0.25, 0.3) is 0 Å². The van der Waals surface area contributed by atoms with Crippen molar-refractivity contribution < 1.29 is 14.7 Å². The molecule has 0 aliphatic carbocycles. The van der Waals surface area contributed by atoms with E-state index in [1.165, 1.54) is 0 Å². The van der Waals surface area contributed by atoms with E-state index in [1.54, 1.807) is 19.1 Å². The number of rotatable bonds is 7. The van der Waals surface area contributed by atoms with Crippen molar-refractivity contribution in [3.63, 3.8) is 0 Å². The molecule has 1 aromatic rings. The molecule has 0 saturated carbocycles. The molecule has 4 nitrogen and oxygen atoms in total. The highest BCUT2D eigenvalue weighted by Crippen LogP contribution is 2.25. The van der Waals surface area contributed by atoms with E-state index in [-0.39, 0.29) is 11.8 Å². The van der Waals surface area contributed by atoms with Gasteiger partial charge in [0, 0.05) is 5.02 Å². The van der Waals surface area contributed by atoms with Gasteiger partial charge in [-0.05, 0) is 36.5 Å². The Morgan fingerprint density at radius 1 is 1.24 bits per heavy atom. The van der Waals surface area contributed by atoms with Crippen molar-refractivity contribution in [1.29, 1.82) is 0 Å². The lowest BCUT2D eigenvalue weighted by atomic mass is 9.89. The zero-order valence-electron chi connectivity index (χ0n) is 12.6. The smallest absolute Gasteiger partial charge is 0.326 e. The second-order valence-electron chi connectivity index (χ2n) is 5.54. The summed E-state index contributed by atoms with van der Waals surface area (Å²) in [4.78, 5) is 23.5. The average molecular weight is 312 g/mol. The van der Waals surface area contributed by atoms with Gasteiger partial charge in [-0.1, -0.05) is 44.5 Å².